The van der Waals surface area contributed by atoms with Gasteiger partial charge in [-0.05, 0) is 31.0 Å². The lowest BCUT2D eigenvalue weighted by Gasteiger charge is -2.31. The summed E-state index contributed by atoms with van der Waals surface area (Å²) in [5.41, 5.74) is 6.59. The maximum Gasteiger partial charge on any atom is 0.253 e. The number of nitrogens with zero attached hydrogens (tertiary/aromatic N) is 1. The smallest absolute Gasteiger partial charge is 0.253 e. The predicted octanol–water partition coefficient (Wildman–Crippen LogP) is 1.99. The van der Waals surface area contributed by atoms with Crippen molar-refractivity contribution in [3.05, 3.63) is 29.8 Å². The van der Waals surface area contributed by atoms with Gasteiger partial charge in [0.15, 0.2) is 0 Å². The fourth-order valence-electron chi connectivity index (χ4n) is 2.65. The molecule has 0 radical (unpaired) electrons. The Morgan fingerprint density at radius 3 is 2.48 bits per heavy atom. The molecule has 0 unspecified atom stereocenters. The Labute approximate surface area is 125 Å². The molecule has 2 rings (SSSR count). The van der Waals surface area contributed by atoms with Gasteiger partial charge in [-0.15, -0.1) is 0 Å². The Bertz CT molecular complexity index is 534. The minimum Gasteiger partial charge on any atom is -0.345 e. The maximum absolute atomic E-state index is 12.4. The van der Waals surface area contributed by atoms with Crippen molar-refractivity contribution < 1.29 is 9.59 Å². The van der Waals surface area contributed by atoms with Crippen LogP contribution >= 0.6 is 0 Å². The first-order chi connectivity index (χ1) is 9.92. The van der Waals surface area contributed by atoms with Crippen molar-refractivity contribution in [3.8, 4) is 0 Å². The van der Waals surface area contributed by atoms with Crippen LogP contribution in [0, 0.1) is 0 Å². The Hall–Kier alpha value is -1.88. The normalized spacial score (nSPS) is 17.1. The highest BCUT2D eigenvalue weighted by molar-refractivity contribution is 6.00. The van der Waals surface area contributed by atoms with Crippen molar-refractivity contribution in [1.82, 2.24) is 4.90 Å². The molecular weight excluding hydrogens is 266 g/mol. The molecule has 0 bridgehead atoms. The third kappa shape index (κ3) is 3.61. The Kier molecular flexibility index (Phi) is 4.63. The summed E-state index contributed by atoms with van der Waals surface area (Å²) in [5.74, 6) is -0.247. The van der Waals surface area contributed by atoms with Gasteiger partial charge in [0.05, 0.1) is 5.54 Å². The van der Waals surface area contributed by atoms with Crippen LogP contribution in [0.25, 0.3) is 0 Å². The van der Waals surface area contributed by atoms with E-state index in [4.69, 9.17) is 5.73 Å². The van der Waals surface area contributed by atoms with Crippen LogP contribution in [0.4, 0.5) is 5.69 Å². The van der Waals surface area contributed by atoms with E-state index >= 15 is 0 Å². The highest BCUT2D eigenvalue weighted by atomic mass is 16.2. The number of hydrogen-bond acceptors (Lipinski definition) is 3. The van der Waals surface area contributed by atoms with Crippen molar-refractivity contribution in [2.75, 3.05) is 19.4 Å². The number of rotatable bonds is 3. The fourth-order valence-corrected chi connectivity index (χ4v) is 2.65. The summed E-state index contributed by atoms with van der Waals surface area (Å²) < 4.78 is 0. The van der Waals surface area contributed by atoms with E-state index in [1.165, 1.54) is 4.90 Å². The van der Waals surface area contributed by atoms with Crippen LogP contribution in [0.3, 0.4) is 0 Å². The van der Waals surface area contributed by atoms with Gasteiger partial charge >= 0.3 is 0 Å². The Morgan fingerprint density at radius 1 is 1.19 bits per heavy atom. The van der Waals surface area contributed by atoms with Crippen LogP contribution in [0.1, 0.15) is 42.5 Å². The van der Waals surface area contributed by atoms with Crippen molar-refractivity contribution >= 4 is 17.5 Å². The van der Waals surface area contributed by atoms with Crippen LogP contribution in [-0.2, 0) is 4.79 Å². The second kappa shape index (κ2) is 6.26. The molecule has 1 aromatic carbocycles. The highest BCUT2D eigenvalue weighted by Gasteiger charge is 2.35. The van der Waals surface area contributed by atoms with E-state index < -0.39 is 5.54 Å². The molecule has 114 valence electrons. The minimum absolute atomic E-state index is 0.0915. The SMILES string of the molecule is CN(C)C(=O)c1cccc(NC(=O)C2(N)CCCCC2)c1. The summed E-state index contributed by atoms with van der Waals surface area (Å²) in [4.78, 5) is 25.8. The van der Waals surface area contributed by atoms with Crippen LogP contribution in [0.5, 0.6) is 0 Å². The quantitative estimate of drug-likeness (QED) is 0.893. The molecule has 5 nitrogen and oxygen atoms in total. The number of anilines is 1. The molecule has 0 aromatic heterocycles. The third-order valence-corrected chi connectivity index (χ3v) is 3.97. The van der Waals surface area contributed by atoms with E-state index in [0.29, 0.717) is 11.3 Å². The van der Waals surface area contributed by atoms with Crippen LogP contribution in [0.2, 0.25) is 0 Å². The molecule has 5 heteroatoms. The summed E-state index contributed by atoms with van der Waals surface area (Å²) in [7, 11) is 3.40. The van der Waals surface area contributed by atoms with Gasteiger partial charge in [-0.1, -0.05) is 25.3 Å². The number of carbonyl (C=O) groups excluding carboxylic acids is 2. The van der Waals surface area contributed by atoms with Crippen molar-refractivity contribution in [2.24, 2.45) is 5.73 Å². The zero-order chi connectivity index (χ0) is 15.5. The molecule has 0 aliphatic heterocycles. The fraction of sp³-hybridized carbons (Fsp3) is 0.500. The topological polar surface area (TPSA) is 75.4 Å². The minimum atomic E-state index is -0.778. The molecule has 0 spiro atoms. The average Bonchev–Trinajstić information content (AvgIpc) is 2.47. The molecule has 0 saturated heterocycles. The summed E-state index contributed by atoms with van der Waals surface area (Å²) in [6.07, 6.45) is 4.55. The Morgan fingerprint density at radius 2 is 1.86 bits per heavy atom. The molecule has 2 amide bonds. The molecule has 1 saturated carbocycles. The van der Waals surface area contributed by atoms with E-state index in [-0.39, 0.29) is 11.8 Å². The Balaban J connectivity index is 2.11. The number of benzene rings is 1. The zero-order valence-corrected chi connectivity index (χ0v) is 12.7. The number of hydrogen-bond donors (Lipinski definition) is 2. The lowest BCUT2D eigenvalue weighted by molar-refractivity contribution is -0.122. The monoisotopic (exact) mass is 289 g/mol. The number of carbonyl (C=O) groups is 2. The molecule has 3 N–H and O–H groups in total. The number of nitrogens with two attached hydrogens (primary N) is 1. The summed E-state index contributed by atoms with van der Waals surface area (Å²) >= 11 is 0. The van der Waals surface area contributed by atoms with Gasteiger partial charge < -0.3 is 16.0 Å². The lowest BCUT2D eigenvalue weighted by atomic mass is 9.82. The lowest BCUT2D eigenvalue weighted by Crippen LogP contribution is -2.52. The molecule has 0 atom stereocenters. The van der Waals surface area contributed by atoms with E-state index in [1.807, 2.05) is 0 Å². The van der Waals surface area contributed by atoms with Crippen molar-refractivity contribution in [2.45, 2.75) is 37.6 Å². The van der Waals surface area contributed by atoms with E-state index in [1.54, 1.807) is 38.4 Å². The summed E-state index contributed by atoms with van der Waals surface area (Å²) in [5, 5.41) is 2.85. The molecule has 1 fully saturated rings. The third-order valence-electron chi connectivity index (χ3n) is 3.97. The predicted molar refractivity (Wildman–Crippen MR) is 83.1 cm³/mol. The van der Waals surface area contributed by atoms with E-state index in [2.05, 4.69) is 5.32 Å². The maximum atomic E-state index is 12.4. The van der Waals surface area contributed by atoms with Gasteiger partial charge in [0.1, 0.15) is 0 Å². The van der Waals surface area contributed by atoms with Gasteiger partial charge in [0.2, 0.25) is 5.91 Å². The molecule has 1 aliphatic rings. The van der Waals surface area contributed by atoms with Crippen LogP contribution < -0.4 is 11.1 Å². The van der Waals surface area contributed by atoms with Crippen molar-refractivity contribution in [1.29, 1.82) is 0 Å². The first kappa shape index (κ1) is 15.5. The molecule has 1 aliphatic carbocycles. The second-order valence-corrected chi connectivity index (χ2v) is 5.95. The first-order valence-electron chi connectivity index (χ1n) is 7.34. The van der Waals surface area contributed by atoms with Crippen LogP contribution in [-0.4, -0.2) is 36.3 Å². The summed E-state index contributed by atoms with van der Waals surface area (Å²) in [6, 6.07) is 6.95. The van der Waals surface area contributed by atoms with Gasteiger partial charge in [-0.2, -0.15) is 0 Å². The van der Waals surface area contributed by atoms with Gasteiger partial charge in [-0.25, -0.2) is 0 Å². The summed E-state index contributed by atoms with van der Waals surface area (Å²) in [6.45, 7) is 0. The van der Waals surface area contributed by atoms with E-state index in [9.17, 15) is 9.59 Å². The largest absolute Gasteiger partial charge is 0.345 e. The molecule has 21 heavy (non-hydrogen) atoms. The first-order valence-corrected chi connectivity index (χ1v) is 7.34. The van der Waals surface area contributed by atoms with Gasteiger partial charge in [-0.3, -0.25) is 9.59 Å². The van der Waals surface area contributed by atoms with Crippen LogP contribution in [0.15, 0.2) is 24.3 Å². The van der Waals surface area contributed by atoms with Crippen molar-refractivity contribution in [3.63, 3.8) is 0 Å². The van der Waals surface area contributed by atoms with Gasteiger partial charge in [0, 0.05) is 25.3 Å². The standard InChI is InChI=1S/C16H23N3O2/c1-19(2)14(20)12-7-6-8-13(11-12)18-15(21)16(17)9-4-3-5-10-16/h6-8,11H,3-5,9-10,17H2,1-2H3,(H,18,21). The molecule has 0 heterocycles. The average molecular weight is 289 g/mol. The number of amides is 2. The highest BCUT2D eigenvalue weighted by Crippen LogP contribution is 2.27. The molecule has 1 aromatic rings. The second-order valence-electron chi connectivity index (χ2n) is 5.95. The van der Waals surface area contributed by atoms with Gasteiger partial charge in [0.25, 0.3) is 5.91 Å². The molecular formula is C16H23N3O2. The van der Waals surface area contributed by atoms with E-state index in [0.717, 1.165) is 32.1 Å². The zero-order valence-electron chi connectivity index (χ0n) is 12.7. The number of nitrogens with one attached hydrogen (secondary N) is 1.